The van der Waals surface area contributed by atoms with Crippen LogP contribution >= 0.6 is 0 Å². The van der Waals surface area contributed by atoms with E-state index < -0.39 is 0 Å². The van der Waals surface area contributed by atoms with Crippen LogP contribution in [-0.4, -0.2) is 29.1 Å². The maximum atomic E-state index is 6.66. The fourth-order valence-corrected chi connectivity index (χ4v) is 14.8. The molecule has 8 nitrogen and oxygen atoms in total. The van der Waals surface area contributed by atoms with E-state index in [-0.39, 0.29) is 0 Å². The van der Waals surface area contributed by atoms with Crippen molar-refractivity contribution in [1.29, 1.82) is 0 Å². The lowest BCUT2D eigenvalue weighted by Crippen LogP contribution is -1.97. The van der Waals surface area contributed by atoms with Gasteiger partial charge in [0, 0.05) is 61.1 Å². The number of nitrogens with zero attached hydrogens (tertiary/aromatic N) is 6. The molecule has 6 heterocycles. The lowest BCUT2D eigenvalue weighted by molar-refractivity contribution is 0.667. The van der Waals surface area contributed by atoms with E-state index in [1.165, 1.54) is 54.7 Å². The molecule has 0 fully saturated rings. The number of benzene rings is 13. The Labute approximate surface area is 576 Å². The van der Waals surface area contributed by atoms with Crippen LogP contribution in [0.3, 0.4) is 0 Å². The van der Waals surface area contributed by atoms with Crippen LogP contribution in [0, 0.1) is 0 Å². The van der Waals surface area contributed by atoms with Gasteiger partial charge < -0.3 is 18.0 Å². The molecule has 0 bridgehead atoms. The molecule has 0 aliphatic heterocycles. The first kappa shape index (κ1) is 58.1. The largest absolute Gasteiger partial charge is 0.452 e. The van der Waals surface area contributed by atoms with Crippen molar-refractivity contribution >= 4 is 87.7 Å². The van der Waals surface area contributed by atoms with Gasteiger partial charge in [-0.15, -0.1) is 0 Å². The first-order valence-electron chi connectivity index (χ1n) is 34.0. The van der Waals surface area contributed by atoms with Crippen LogP contribution in [0.5, 0.6) is 0 Å². The van der Waals surface area contributed by atoms with Crippen molar-refractivity contribution in [2.75, 3.05) is 0 Å². The summed E-state index contributed by atoms with van der Waals surface area (Å²) in [5.41, 5.74) is 25.1. The van der Waals surface area contributed by atoms with Crippen LogP contribution in [0.1, 0.15) is 17.9 Å². The minimum absolute atomic E-state index is 0.408. The zero-order chi connectivity index (χ0) is 66.0. The van der Waals surface area contributed by atoms with Crippen molar-refractivity contribution < 1.29 is 8.83 Å². The van der Waals surface area contributed by atoms with Crippen LogP contribution in [0.25, 0.3) is 178 Å². The Bertz CT molecular complexity index is 6330. The van der Waals surface area contributed by atoms with Crippen LogP contribution in [0.2, 0.25) is 0 Å². The topological polar surface area (TPSA) is 87.7 Å². The van der Waals surface area contributed by atoms with Crippen molar-refractivity contribution in [3.05, 3.63) is 351 Å². The molecule has 0 saturated heterocycles. The minimum Gasteiger partial charge on any atom is -0.452 e. The highest BCUT2D eigenvalue weighted by Crippen LogP contribution is 2.44. The zero-order valence-electron chi connectivity index (χ0n) is 54.2. The zero-order valence-corrected chi connectivity index (χ0v) is 54.2. The van der Waals surface area contributed by atoms with E-state index in [4.69, 9.17) is 28.8 Å². The van der Waals surface area contributed by atoms with Gasteiger partial charge >= 0.3 is 0 Å². The molecule has 20 rings (SSSR count). The molecule has 0 amide bonds. The Balaban J connectivity index is 0.000000139. The number of fused-ring (bicyclic) bond motifs is 12. The number of rotatable bonds is 10. The third kappa shape index (κ3) is 10.1. The van der Waals surface area contributed by atoms with Gasteiger partial charge in [0.15, 0.2) is 22.8 Å². The molecule has 100 heavy (non-hydrogen) atoms. The minimum atomic E-state index is 0.408. The molecule has 0 radical (unpaired) electrons. The second-order valence-electron chi connectivity index (χ2n) is 25.5. The first-order chi connectivity index (χ1) is 49.6. The van der Waals surface area contributed by atoms with E-state index in [0.717, 1.165) is 112 Å². The molecule has 1 atom stereocenters. The molecule has 470 valence electrons. The third-order valence-corrected chi connectivity index (χ3v) is 19.6. The summed E-state index contributed by atoms with van der Waals surface area (Å²) in [7, 11) is 0. The number of aromatic nitrogens is 6. The number of allylic oxidation sites excluding steroid dienone is 4. The summed E-state index contributed by atoms with van der Waals surface area (Å²) in [4.78, 5) is 20.5. The highest BCUT2D eigenvalue weighted by Gasteiger charge is 2.25. The third-order valence-electron chi connectivity index (χ3n) is 19.6. The Morgan fingerprint density at radius 2 is 0.690 bits per heavy atom. The number of hydrogen-bond donors (Lipinski definition) is 0. The lowest BCUT2D eigenvalue weighted by atomic mass is 9.91. The van der Waals surface area contributed by atoms with Crippen LogP contribution in [0.4, 0.5) is 0 Å². The van der Waals surface area contributed by atoms with Gasteiger partial charge in [-0.05, 0) is 112 Å². The van der Waals surface area contributed by atoms with Crippen LogP contribution in [0.15, 0.2) is 355 Å². The molecule has 1 aliphatic rings. The summed E-state index contributed by atoms with van der Waals surface area (Å²) >= 11 is 0. The predicted octanol–water partition coefficient (Wildman–Crippen LogP) is 24.2. The summed E-state index contributed by atoms with van der Waals surface area (Å²) in [6, 6.07) is 113. The molecule has 0 spiro atoms. The van der Waals surface area contributed by atoms with E-state index in [9.17, 15) is 0 Å². The van der Waals surface area contributed by atoms with Crippen molar-refractivity contribution in [2.24, 2.45) is 0 Å². The number of furan rings is 2. The molecule has 1 aliphatic carbocycles. The molecule has 0 N–H and O–H groups in total. The van der Waals surface area contributed by atoms with Crippen molar-refractivity contribution in [3.63, 3.8) is 0 Å². The Kier molecular flexibility index (Phi) is 14.2. The maximum Gasteiger partial charge on any atom is 0.180 e. The van der Waals surface area contributed by atoms with Gasteiger partial charge in [-0.3, -0.25) is 0 Å². The maximum absolute atomic E-state index is 6.66. The van der Waals surface area contributed by atoms with Gasteiger partial charge in [-0.25, -0.2) is 19.9 Å². The van der Waals surface area contributed by atoms with E-state index >= 15 is 0 Å². The second kappa shape index (κ2) is 24.4. The second-order valence-corrected chi connectivity index (χ2v) is 25.5. The van der Waals surface area contributed by atoms with Crippen LogP contribution in [-0.2, 0) is 0 Å². The molecule has 0 saturated carbocycles. The number of hydrogen-bond acceptors (Lipinski definition) is 6. The van der Waals surface area contributed by atoms with E-state index in [1.54, 1.807) is 0 Å². The summed E-state index contributed by atoms with van der Waals surface area (Å²) in [5.74, 6) is 1.75. The first-order valence-corrected chi connectivity index (χ1v) is 34.0. The highest BCUT2D eigenvalue weighted by atomic mass is 16.3. The summed E-state index contributed by atoms with van der Waals surface area (Å²) < 4.78 is 18.0. The van der Waals surface area contributed by atoms with Gasteiger partial charge in [0.25, 0.3) is 0 Å². The molecule has 6 aromatic heterocycles. The van der Waals surface area contributed by atoms with Gasteiger partial charge in [0.1, 0.15) is 33.6 Å². The molecule has 13 aromatic carbocycles. The fourth-order valence-electron chi connectivity index (χ4n) is 14.8. The van der Waals surface area contributed by atoms with E-state index in [2.05, 4.69) is 282 Å². The predicted molar refractivity (Wildman–Crippen MR) is 411 cm³/mol. The van der Waals surface area contributed by atoms with Gasteiger partial charge in [0.2, 0.25) is 0 Å². The molecular weight excluding hydrogens is 1220 g/mol. The van der Waals surface area contributed by atoms with Gasteiger partial charge in [-0.1, -0.05) is 279 Å². The van der Waals surface area contributed by atoms with Crippen molar-refractivity contribution in [3.8, 4) is 90.0 Å². The van der Waals surface area contributed by atoms with Crippen LogP contribution < -0.4 is 0 Å². The SMILES string of the molecule is C1=CCC(c2ccc3c(c2)c2ccccc2n3-c2ccc(-c3cccc4oc5c(-c6ccccc6)nc(-c6ccccc6)nc5c34)cc2)C=C1.c1ccc(-c2ccc(-c3nc(-c4ccccc4)nc4c3oc3cccc(-c5ccc(-n6c7ccccc7c7ccccc76)cc5)c34)cc2)cc1. The molecule has 19 aromatic rings. The van der Waals surface area contributed by atoms with E-state index in [1.807, 2.05) is 72.8 Å². The standard InChI is InChI=1S/C46H31N3O.C46H29N3O/c1-4-13-30(14-5-1)34-25-28-40-38(29-34)37-19-10-11-21-39(37)49(40)35-26-23-31(24-27-35)36-20-12-22-41-42(36)44-45(50-41)43(32-15-6-2-7-16-32)47-46(48-44)33-17-8-3-9-18-33;1-3-12-30(13-4-1)31-22-24-33(25-23-31)43-45-44(48-46(47-43)34-14-5-2-6-15-34)42-36(18-11-21-41(42)50-45)32-26-28-35(29-27-32)49-39-19-9-7-16-37(39)38-17-8-10-20-40(38)49/h1-13,15-30H,14H2;1-29H. The average Bonchev–Trinajstić information content (AvgIpc) is 1.59. The smallest absolute Gasteiger partial charge is 0.180 e. The van der Waals surface area contributed by atoms with Gasteiger partial charge in [-0.2, -0.15) is 0 Å². The lowest BCUT2D eigenvalue weighted by Gasteiger charge is -2.14. The van der Waals surface area contributed by atoms with E-state index in [0.29, 0.717) is 28.7 Å². The Morgan fingerprint density at radius 3 is 1.16 bits per heavy atom. The summed E-state index contributed by atoms with van der Waals surface area (Å²) in [5, 5.41) is 7.02. The monoisotopic (exact) mass is 1280 g/mol. The quantitative estimate of drug-likeness (QED) is 0.136. The summed E-state index contributed by atoms with van der Waals surface area (Å²) in [6.45, 7) is 0. The number of para-hydroxylation sites is 3. The van der Waals surface area contributed by atoms with Gasteiger partial charge in [0.05, 0.1) is 32.8 Å². The highest BCUT2D eigenvalue weighted by molar-refractivity contribution is 6.16. The Morgan fingerprint density at radius 1 is 0.300 bits per heavy atom. The normalized spacial score (nSPS) is 13.0. The average molecular weight is 1280 g/mol. The fraction of sp³-hybridized carbons (Fsp3) is 0.0217. The van der Waals surface area contributed by atoms with Crippen molar-refractivity contribution in [2.45, 2.75) is 12.3 Å². The van der Waals surface area contributed by atoms with Crippen molar-refractivity contribution in [1.82, 2.24) is 29.1 Å². The summed E-state index contributed by atoms with van der Waals surface area (Å²) in [6.07, 6.45) is 9.89. The molecule has 8 heteroatoms. The molecular formula is C92H60N6O2. The Hall–Kier alpha value is -13.3. The molecule has 1 unspecified atom stereocenters.